The van der Waals surface area contributed by atoms with Crippen molar-refractivity contribution in [3.05, 3.63) is 59.3 Å². The fraction of sp³-hybridized carbons (Fsp3) is 0.211. The second-order valence-corrected chi connectivity index (χ2v) is 7.43. The molecule has 1 aliphatic rings. The zero-order valence-corrected chi connectivity index (χ0v) is 15.0. The fourth-order valence-corrected chi connectivity index (χ4v) is 4.46. The summed E-state index contributed by atoms with van der Waals surface area (Å²) in [6.07, 6.45) is 3.22. The summed E-state index contributed by atoms with van der Waals surface area (Å²) in [6.45, 7) is 0. The molecule has 2 aromatic heterocycles. The smallest absolute Gasteiger partial charge is 0.210 e. The number of H-pyrrole nitrogens is 1. The van der Waals surface area contributed by atoms with Gasteiger partial charge in [-0.1, -0.05) is 54.2 Å². The number of nitrogens with one attached hydrogen (secondary N) is 1. The summed E-state index contributed by atoms with van der Waals surface area (Å²) >= 11 is 1.59. The second kappa shape index (κ2) is 6.17. The first-order chi connectivity index (χ1) is 12.8. The molecule has 0 saturated carbocycles. The first kappa shape index (κ1) is 15.5. The van der Waals surface area contributed by atoms with Crippen molar-refractivity contribution in [2.24, 2.45) is 0 Å². The molecule has 0 unspecified atom stereocenters. The Morgan fingerprint density at radius 3 is 2.92 bits per heavy atom. The van der Waals surface area contributed by atoms with Crippen molar-refractivity contribution in [1.82, 2.24) is 25.1 Å². The van der Waals surface area contributed by atoms with Gasteiger partial charge >= 0.3 is 0 Å². The molecule has 0 fully saturated rings. The van der Waals surface area contributed by atoms with Crippen LogP contribution in [0.15, 0.2) is 47.6 Å². The third-order valence-electron chi connectivity index (χ3n) is 4.92. The Bertz CT molecular complexity index is 1090. The third-order valence-corrected chi connectivity index (χ3v) is 5.91. The SMILES string of the molecule is Nn1c(SCc2cccc3ccccc23)nnc1-c1n[nH]c2c1CCC2. The maximum atomic E-state index is 6.28. The van der Waals surface area contributed by atoms with Crippen LogP contribution in [0.1, 0.15) is 23.2 Å². The number of aromatic amines is 1. The molecule has 0 spiro atoms. The minimum Gasteiger partial charge on any atom is -0.335 e. The highest BCUT2D eigenvalue weighted by atomic mass is 32.2. The molecule has 0 amide bonds. The lowest BCUT2D eigenvalue weighted by Gasteiger charge is -2.06. The van der Waals surface area contributed by atoms with Gasteiger partial charge in [0.05, 0.1) is 0 Å². The summed E-state index contributed by atoms with van der Waals surface area (Å²) in [7, 11) is 0. The van der Waals surface area contributed by atoms with Crippen LogP contribution < -0.4 is 5.84 Å². The number of fused-ring (bicyclic) bond motifs is 2. The Kier molecular flexibility index (Phi) is 3.67. The molecule has 4 aromatic rings. The van der Waals surface area contributed by atoms with Gasteiger partial charge in [0.1, 0.15) is 5.69 Å². The minimum atomic E-state index is 0.629. The van der Waals surface area contributed by atoms with E-state index in [1.54, 1.807) is 16.4 Å². The standard InChI is InChI=1S/C19H18N6S/c20-25-18(17-15-9-4-10-16(15)21-22-17)23-24-19(25)26-11-13-7-3-6-12-5-1-2-8-14(12)13/h1-3,5-8H,4,9-11,20H2,(H,21,22). The molecule has 0 aliphatic heterocycles. The Morgan fingerprint density at radius 2 is 1.96 bits per heavy atom. The van der Waals surface area contributed by atoms with Crippen molar-refractivity contribution in [3.63, 3.8) is 0 Å². The quantitative estimate of drug-likeness (QED) is 0.430. The van der Waals surface area contributed by atoms with Gasteiger partial charge in [0.25, 0.3) is 0 Å². The lowest BCUT2D eigenvalue weighted by molar-refractivity contribution is 0.839. The van der Waals surface area contributed by atoms with Crippen LogP contribution in [0, 0.1) is 0 Å². The average Bonchev–Trinajstić information content (AvgIpc) is 3.36. The zero-order chi connectivity index (χ0) is 17.5. The van der Waals surface area contributed by atoms with Gasteiger partial charge in [-0.3, -0.25) is 5.10 Å². The molecule has 0 saturated heterocycles. The summed E-state index contributed by atoms with van der Waals surface area (Å²) in [5, 5.41) is 19.3. The second-order valence-electron chi connectivity index (χ2n) is 6.49. The number of aryl methyl sites for hydroxylation is 1. The molecular weight excluding hydrogens is 344 g/mol. The van der Waals surface area contributed by atoms with E-state index in [9.17, 15) is 0 Å². The van der Waals surface area contributed by atoms with Crippen LogP contribution in [0.2, 0.25) is 0 Å². The van der Waals surface area contributed by atoms with Crippen LogP contribution in [0.25, 0.3) is 22.3 Å². The molecule has 26 heavy (non-hydrogen) atoms. The molecular formula is C19H18N6S. The highest BCUT2D eigenvalue weighted by Crippen LogP contribution is 2.31. The number of nitrogens with zero attached hydrogens (tertiary/aromatic N) is 4. The number of rotatable bonds is 4. The number of aromatic nitrogens is 5. The van der Waals surface area contributed by atoms with E-state index in [2.05, 4.69) is 62.9 Å². The van der Waals surface area contributed by atoms with Gasteiger partial charge in [0, 0.05) is 17.0 Å². The summed E-state index contributed by atoms with van der Waals surface area (Å²) < 4.78 is 1.56. The topological polar surface area (TPSA) is 85.4 Å². The molecule has 2 heterocycles. The van der Waals surface area contributed by atoms with Crippen LogP contribution in [-0.4, -0.2) is 25.1 Å². The molecule has 0 radical (unpaired) electrons. The van der Waals surface area contributed by atoms with E-state index >= 15 is 0 Å². The lowest BCUT2D eigenvalue weighted by atomic mass is 10.1. The number of thioether (sulfide) groups is 1. The molecule has 2 aromatic carbocycles. The Morgan fingerprint density at radius 1 is 1.08 bits per heavy atom. The summed E-state index contributed by atoms with van der Waals surface area (Å²) in [6, 6.07) is 14.8. The van der Waals surface area contributed by atoms with Crippen molar-refractivity contribution in [2.45, 2.75) is 30.2 Å². The van der Waals surface area contributed by atoms with Crippen LogP contribution >= 0.6 is 11.8 Å². The number of nitrogens with two attached hydrogens (primary N) is 1. The van der Waals surface area contributed by atoms with Crippen LogP contribution in [0.4, 0.5) is 0 Å². The summed E-state index contributed by atoms with van der Waals surface area (Å²) in [4.78, 5) is 0. The summed E-state index contributed by atoms with van der Waals surface area (Å²) in [5.41, 5.74) is 4.53. The van der Waals surface area contributed by atoms with E-state index in [0.29, 0.717) is 11.0 Å². The predicted molar refractivity (Wildman–Crippen MR) is 103 cm³/mol. The number of hydrogen-bond donors (Lipinski definition) is 2. The first-order valence-corrected chi connectivity index (χ1v) is 9.66. The van der Waals surface area contributed by atoms with Crippen molar-refractivity contribution >= 4 is 22.5 Å². The van der Waals surface area contributed by atoms with Gasteiger partial charge in [0.2, 0.25) is 11.0 Å². The normalized spacial score (nSPS) is 13.4. The van der Waals surface area contributed by atoms with Gasteiger partial charge < -0.3 is 5.84 Å². The van der Waals surface area contributed by atoms with Gasteiger partial charge in [-0.25, -0.2) is 4.68 Å². The number of hydrogen-bond acceptors (Lipinski definition) is 5. The van der Waals surface area contributed by atoms with Crippen LogP contribution in [0.3, 0.4) is 0 Å². The van der Waals surface area contributed by atoms with Crippen LogP contribution in [0.5, 0.6) is 0 Å². The Labute approximate surface area is 154 Å². The highest BCUT2D eigenvalue weighted by molar-refractivity contribution is 7.98. The van der Waals surface area contributed by atoms with E-state index in [1.165, 1.54) is 27.6 Å². The monoisotopic (exact) mass is 362 g/mol. The first-order valence-electron chi connectivity index (χ1n) is 8.67. The fourth-order valence-electron chi connectivity index (χ4n) is 3.60. The Balaban J connectivity index is 1.42. The highest BCUT2D eigenvalue weighted by Gasteiger charge is 2.24. The third kappa shape index (κ3) is 2.47. The van der Waals surface area contributed by atoms with E-state index in [0.717, 1.165) is 30.7 Å². The molecule has 1 aliphatic carbocycles. The molecule has 0 bridgehead atoms. The molecule has 0 atom stereocenters. The molecule has 130 valence electrons. The summed E-state index contributed by atoms with van der Waals surface area (Å²) in [5.74, 6) is 7.70. The maximum Gasteiger partial charge on any atom is 0.210 e. The van der Waals surface area contributed by atoms with E-state index in [1.807, 2.05) is 0 Å². The predicted octanol–water partition coefficient (Wildman–Crippen LogP) is 3.32. The number of nitrogen functional groups attached to an aromatic ring is 1. The maximum absolute atomic E-state index is 6.28. The molecule has 7 heteroatoms. The molecule has 3 N–H and O–H groups in total. The van der Waals surface area contributed by atoms with E-state index in [4.69, 9.17) is 5.84 Å². The van der Waals surface area contributed by atoms with Crippen LogP contribution in [-0.2, 0) is 18.6 Å². The zero-order valence-electron chi connectivity index (χ0n) is 14.1. The number of benzene rings is 2. The van der Waals surface area contributed by atoms with Crippen molar-refractivity contribution in [2.75, 3.05) is 5.84 Å². The largest absolute Gasteiger partial charge is 0.335 e. The van der Waals surface area contributed by atoms with Crippen molar-refractivity contribution < 1.29 is 0 Å². The van der Waals surface area contributed by atoms with Gasteiger partial charge in [-0.05, 0) is 35.6 Å². The van der Waals surface area contributed by atoms with Gasteiger partial charge in [-0.2, -0.15) is 5.10 Å². The van der Waals surface area contributed by atoms with Crippen molar-refractivity contribution in [3.8, 4) is 11.5 Å². The minimum absolute atomic E-state index is 0.629. The van der Waals surface area contributed by atoms with Gasteiger partial charge in [0.15, 0.2) is 0 Å². The molecule has 6 nitrogen and oxygen atoms in total. The van der Waals surface area contributed by atoms with Gasteiger partial charge in [-0.15, -0.1) is 10.2 Å². The van der Waals surface area contributed by atoms with Crippen molar-refractivity contribution in [1.29, 1.82) is 0 Å². The lowest BCUT2D eigenvalue weighted by Crippen LogP contribution is -2.12. The van der Waals surface area contributed by atoms with E-state index in [-0.39, 0.29) is 0 Å². The Hall–Kier alpha value is -2.80. The average molecular weight is 362 g/mol. The molecule has 5 rings (SSSR count). The van der Waals surface area contributed by atoms with E-state index < -0.39 is 0 Å².